The number of fused-ring (bicyclic) bond motifs is 1. The molecule has 2 heterocycles. The lowest BCUT2D eigenvalue weighted by Gasteiger charge is -2.40. The highest BCUT2D eigenvalue weighted by Gasteiger charge is 2.28. The predicted molar refractivity (Wildman–Crippen MR) is 83.1 cm³/mol. The average Bonchev–Trinajstić information content (AvgIpc) is 2.90. The molecule has 1 saturated heterocycles. The van der Waals surface area contributed by atoms with Crippen molar-refractivity contribution in [1.82, 2.24) is 9.69 Å². The molecule has 3 nitrogen and oxygen atoms in total. The second-order valence-electron chi connectivity index (χ2n) is 5.23. The summed E-state index contributed by atoms with van der Waals surface area (Å²) in [5, 5.41) is 6.31. The molecule has 2 aromatic rings. The molecule has 0 bridgehead atoms. The smallest absolute Gasteiger partial charge is 0.120 e. The van der Waals surface area contributed by atoms with Crippen LogP contribution in [0.4, 0.5) is 5.00 Å². The summed E-state index contributed by atoms with van der Waals surface area (Å²) < 4.78 is 4.59. The summed E-state index contributed by atoms with van der Waals surface area (Å²) in [6.07, 6.45) is 2.36. The Bertz CT molecular complexity index is 551. The third-order valence-electron chi connectivity index (χ3n) is 4.09. The van der Waals surface area contributed by atoms with Crippen molar-refractivity contribution >= 4 is 27.4 Å². The van der Waals surface area contributed by atoms with Gasteiger partial charge in [0.25, 0.3) is 0 Å². The lowest BCUT2D eigenvalue weighted by Crippen LogP contribution is -2.56. The van der Waals surface area contributed by atoms with Gasteiger partial charge in [0.05, 0.1) is 5.52 Å². The maximum Gasteiger partial charge on any atom is 0.120 e. The molecule has 1 aliphatic rings. The van der Waals surface area contributed by atoms with Gasteiger partial charge in [0.15, 0.2) is 0 Å². The van der Waals surface area contributed by atoms with E-state index in [4.69, 9.17) is 0 Å². The van der Waals surface area contributed by atoms with E-state index in [2.05, 4.69) is 52.7 Å². The summed E-state index contributed by atoms with van der Waals surface area (Å²) in [6.45, 7) is 6.71. The van der Waals surface area contributed by atoms with Crippen LogP contribution in [0.3, 0.4) is 0 Å². The fourth-order valence-corrected chi connectivity index (χ4v) is 3.78. The first-order chi connectivity index (χ1) is 9.33. The van der Waals surface area contributed by atoms with Gasteiger partial charge < -0.3 is 10.2 Å². The minimum Gasteiger partial charge on any atom is -0.356 e. The fourth-order valence-electron chi connectivity index (χ4n) is 2.83. The van der Waals surface area contributed by atoms with Crippen molar-refractivity contribution in [3.8, 4) is 0 Å². The third kappa shape index (κ3) is 2.35. The number of anilines is 1. The zero-order valence-corrected chi connectivity index (χ0v) is 12.4. The number of hydrogen-bond donors (Lipinski definition) is 1. The van der Waals surface area contributed by atoms with Crippen molar-refractivity contribution in [2.45, 2.75) is 38.8 Å². The van der Waals surface area contributed by atoms with Gasteiger partial charge in [-0.15, -0.1) is 0 Å². The van der Waals surface area contributed by atoms with Crippen molar-refractivity contribution in [2.75, 3.05) is 18.0 Å². The minimum absolute atomic E-state index is 0.589. The molecule has 1 N–H and O–H groups in total. The maximum atomic E-state index is 4.59. The zero-order valence-electron chi connectivity index (χ0n) is 11.6. The van der Waals surface area contributed by atoms with Crippen LogP contribution in [0, 0.1) is 0 Å². The topological polar surface area (TPSA) is 28.2 Å². The van der Waals surface area contributed by atoms with Crippen molar-refractivity contribution in [3.63, 3.8) is 0 Å². The van der Waals surface area contributed by atoms with Gasteiger partial charge in [-0.05, 0) is 36.5 Å². The predicted octanol–water partition coefficient (Wildman–Crippen LogP) is 3.26. The highest BCUT2D eigenvalue weighted by Crippen LogP contribution is 2.34. The summed E-state index contributed by atoms with van der Waals surface area (Å²) in [6, 6.07) is 9.67. The molecule has 1 aliphatic heterocycles. The molecule has 1 fully saturated rings. The SMILES string of the molecule is CCC1CN(c2snc3ccccc23)C(CC)CN1. The number of nitrogens with one attached hydrogen (secondary N) is 1. The maximum absolute atomic E-state index is 4.59. The van der Waals surface area contributed by atoms with Crippen LogP contribution in [0.2, 0.25) is 0 Å². The highest BCUT2D eigenvalue weighted by atomic mass is 32.1. The third-order valence-corrected chi connectivity index (χ3v) is 5.01. The molecule has 4 heteroatoms. The molecule has 102 valence electrons. The van der Waals surface area contributed by atoms with E-state index in [0.717, 1.165) is 18.6 Å². The van der Waals surface area contributed by atoms with Crippen LogP contribution >= 0.6 is 11.5 Å². The Labute approximate surface area is 118 Å². The van der Waals surface area contributed by atoms with Gasteiger partial charge in [0.2, 0.25) is 0 Å². The molecule has 0 saturated carbocycles. The van der Waals surface area contributed by atoms with Crippen molar-refractivity contribution in [3.05, 3.63) is 24.3 Å². The number of nitrogens with zero attached hydrogens (tertiary/aromatic N) is 2. The second-order valence-corrected chi connectivity index (χ2v) is 5.98. The average molecular weight is 275 g/mol. The first kappa shape index (κ1) is 12.9. The van der Waals surface area contributed by atoms with Gasteiger partial charge in [0.1, 0.15) is 5.00 Å². The number of aromatic nitrogens is 1. The Morgan fingerprint density at radius 3 is 2.95 bits per heavy atom. The van der Waals surface area contributed by atoms with Crippen LogP contribution in [0.25, 0.3) is 10.9 Å². The summed E-state index contributed by atoms with van der Waals surface area (Å²) in [7, 11) is 0. The first-order valence-corrected chi connectivity index (χ1v) is 7.95. The highest BCUT2D eigenvalue weighted by molar-refractivity contribution is 7.11. The Morgan fingerprint density at radius 1 is 1.32 bits per heavy atom. The van der Waals surface area contributed by atoms with E-state index in [1.165, 1.54) is 23.2 Å². The quantitative estimate of drug-likeness (QED) is 0.932. The molecule has 0 spiro atoms. The minimum atomic E-state index is 0.589. The first-order valence-electron chi connectivity index (χ1n) is 7.18. The van der Waals surface area contributed by atoms with Gasteiger partial charge in [-0.1, -0.05) is 26.0 Å². The molecule has 19 heavy (non-hydrogen) atoms. The van der Waals surface area contributed by atoms with Gasteiger partial charge in [-0.2, -0.15) is 4.37 Å². The second kappa shape index (κ2) is 5.47. The Balaban J connectivity index is 1.97. The Hall–Kier alpha value is -1.13. The van der Waals surface area contributed by atoms with E-state index >= 15 is 0 Å². The Morgan fingerprint density at radius 2 is 2.16 bits per heavy atom. The van der Waals surface area contributed by atoms with E-state index in [-0.39, 0.29) is 0 Å². The van der Waals surface area contributed by atoms with Crippen molar-refractivity contribution < 1.29 is 0 Å². The van der Waals surface area contributed by atoms with E-state index in [1.54, 1.807) is 11.5 Å². The van der Waals surface area contributed by atoms with Crippen LogP contribution in [-0.4, -0.2) is 29.5 Å². The largest absolute Gasteiger partial charge is 0.356 e. The molecule has 1 aromatic carbocycles. The molecular weight excluding hydrogens is 254 g/mol. The molecule has 2 atom stereocenters. The lowest BCUT2D eigenvalue weighted by molar-refractivity contribution is 0.381. The summed E-state index contributed by atoms with van der Waals surface area (Å²) in [4.78, 5) is 2.57. The molecular formula is C15H21N3S. The number of hydrogen-bond acceptors (Lipinski definition) is 4. The standard InChI is InChI=1S/C15H21N3S/c1-3-11-10-18(12(4-2)9-16-11)15-13-7-5-6-8-14(13)17-19-15/h5-8,11-12,16H,3-4,9-10H2,1-2H3. The van der Waals surface area contributed by atoms with E-state index in [1.807, 2.05) is 0 Å². The summed E-state index contributed by atoms with van der Waals surface area (Å²) >= 11 is 1.65. The van der Waals surface area contributed by atoms with Crippen molar-refractivity contribution in [1.29, 1.82) is 0 Å². The molecule has 0 aliphatic carbocycles. The zero-order chi connectivity index (χ0) is 13.2. The Kier molecular flexibility index (Phi) is 3.71. The normalized spacial score (nSPS) is 24.0. The molecule has 0 radical (unpaired) electrons. The monoisotopic (exact) mass is 275 g/mol. The van der Waals surface area contributed by atoms with Crippen LogP contribution in [0.5, 0.6) is 0 Å². The fraction of sp³-hybridized carbons (Fsp3) is 0.533. The van der Waals surface area contributed by atoms with E-state index < -0.39 is 0 Å². The molecule has 0 amide bonds. The van der Waals surface area contributed by atoms with Crippen molar-refractivity contribution in [2.24, 2.45) is 0 Å². The van der Waals surface area contributed by atoms with E-state index in [0.29, 0.717) is 12.1 Å². The summed E-state index contributed by atoms with van der Waals surface area (Å²) in [5.74, 6) is 0. The van der Waals surface area contributed by atoms with E-state index in [9.17, 15) is 0 Å². The lowest BCUT2D eigenvalue weighted by atomic mass is 10.1. The van der Waals surface area contributed by atoms with Gasteiger partial charge in [0, 0.05) is 30.6 Å². The molecule has 1 aromatic heterocycles. The molecule has 2 unspecified atom stereocenters. The van der Waals surface area contributed by atoms with Crippen LogP contribution < -0.4 is 10.2 Å². The number of rotatable bonds is 3. The van der Waals surface area contributed by atoms with Gasteiger partial charge >= 0.3 is 0 Å². The molecule has 3 rings (SSSR count). The van der Waals surface area contributed by atoms with Gasteiger partial charge in [-0.3, -0.25) is 0 Å². The number of benzene rings is 1. The van der Waals surface area contributed by atoms with Crippen LogP contribution in [0.1, 0.15) is 26.7 Å². The number of piperazine rings is 1. The summed E-state index contributed by atoms with van der Waals surface area (Å²) in [5.41, 5.74) is 1.13. The van der Waals surface area contributed by atoms with Gasteiger partial charge in [-0.25, -0.2) is 0 Å². The van der Waals surface area contributed by atoms with Crippen LogP contribution in [-0.2, 0) is 0 Å². The van der Waals surface area contributed by atoms with Crippen LogP contribution in [0.15, 0.2) is 24.3 Å².